The number of fused-ring (bicyclic) bond motifs is 1. The van der Waals surface area contributed by atoms with E-state index in [2.05, 4.69) is 22.2 Å². The molecule has 0 radical (unpaired) electrons. The number of nitrogen functional groups attached to an aromatic ring is 1. The van der Waals surface area contributed by atoms with Crippen LogP contribution < -0.4 is 16.4 Å². The number of alkyl halides is 5. The van der Waals surface area contributed by atoms with Crippen LogP contribution in [0, 0.1) is 5.92 Å². The summed E-state index contributed by atoms with van der Waals surface area (Å²) in [6, 6.07) is 6.83. The molecule has 0 saturated heterocycles. The summed E-state index contributed by atoms with van der Waals surface area (Å²) >= 11 is 1.46. The molecule has 4 rings (SSSR count). The highest BCUT2D eigenvalue weighted by Gasteiger charge is 2.55. The van der Waals surface area contributed by atoms with E-state index in [1.54, 1.807) is 11.6 Å². The van der Waals surface area contributed by atoms with E-state index in [0.717, 1.165) is 42.1 Å². The van der Waals surface area contributed by atoms with E-state index in [4.69, 9.17) is 5.73 Å². The number of halogens is 5. The Kier molecular flexibility index (Phi) is 9.47. The monoisotopic (exact) mass is 559 g/mol. The molecule has 3 aromatic rings. The van der Waals surface area contributed by atoms with Gasteiger partial charge in [0.15, 0.2) is 11.8 Å². The fourth-order valence-electron chi connectivity index (χ4n) is 3.92. The molecule has 4 atom stereocenters. The largest absolute Gasteiger partial charge is 0.419 e. The highest BCUT2D eigenvalue weighted by Crippen LogP contribution is 2.34. The van der Waals surface area contributed by atoms with Crippen molar-refractivity contribution >= 4 is 44.7 Å². The Morgan fingerprint density at radius 2 is 2.00 bits per heavy atom. The van der Waals surface area contributed by atoms with Crippen molar-refractivity contribution in [1.82, 2.24) is 15.3 Å². The normalized spacial score (nSPS) is 19.8. The van der Waals surface area contributed by atoms with Crippen LogP contribution in [0.4, 0.5) is 39.1 Å². The number of nitrogens with zero attached hydrogens (tertiary/aromatic N) is 2. The van der Waals surface area contributed by atoms with Gasteiger partial charge in [-0.3, -0.25) is 4.79 Å². The Hall–Kier alpha value is -3.06. The number of benzene rings is 1. The third kappa shape index (κ3) is 7.07. The zero-order chi connectivity index (χ0) is 28.1. The molecular formula is C25H30F5N5O2S. The molecular weight excluding hydrogens is 529 g/mol. The first-order valence-corrected chi connectivity index (χ1v) is 12.9. The Labute approximate surface area is 220 Å². The predicted molar refractivity (Wildman–Crippen MR) is 138 cm³/mol. The minimum absolute atomic E-state index is 0.0122. The van der Waals surface area contributed by atoms with Gasteiger partial charge in [-0.2, -0.15) is 13.2 Å². The van der Waals surface area contributed by atoms with Gasteiger partial charge < -0.3 is 21.5 Å². The Morgan fingerprint density at radius 3 is 2.58 bits per heavy atom. The van der Waals surface area contributed by atoms with E-state index in [0.29, 0.717) is 24.3 Å². The highest BCUT2D eigenvalue weighted by molar-refractivity contribution is 7.16. The molecule has 1 saturated carbocycles. The molecule has 7 nitrogen and oxygen atoms in total. The van der Waals surface area contributed by atoms with Gasteiger partial charge in [0.2, 0.25) is 0 Å². The molecule has 1 aromatic carbocycles. The summed E-state index contributed by atoms with van der Waals surface area (Å²) in [6.45, 7) is 1.31. The van der Waals surface area contributed by atoms with Crippen LogP contribution in [0.1, 0.15) is 49.9 Å². The number of pyridine rings is 1. The van der Waals surface area contributed by atoms with E-state index < -0.39 is 36.6 Å². The molecule has 2 heterocycles. The first kappa shape index (κ1) is 29.5. The SMILES string of the molecule is CC(O)([C@H](F)CNC(=O)c1cnc(Nc2ccc3ncsc3c2)cc1N)C(F)(F)F.CC[C@@H]1CCCC1F. The van der Waals surface area contributed by atoms with Crippen LogP contribution in [-0.4, -0.2) is 51.6 Å². The summed E-state index contributed by atoms with van der Waals surface area (Å²) in [7, 11) is 0. The summed E-state index contributed by atoms with van der Waals surface area (Å²) in [6.07, 6.45) is -3.23. The molecule has 1 fully saturated rings. The van der Waals surface area contributed by atoms with E-state index in [9.17, 15) is 31.9 Å². The molecule has 38 heavy (non-hydrogen) atoms. The lowest BCUT2D eigenvalue weighted by Gasteiger charge is -2.29. The van der Waals surface area contributed by atoms with Crippen molar-refractivity contribution in [3.05, 3.63) is 41.5 Å². The van der Waals surface area contributed by atoms with Crippen molar-refractivity contribution in [3.8, 4) is 0 Å². The van der Waals surface area contributed by atoms with Crippen molar-refractivity contribution in [2.45, 2.75) is 63.7 Å². The fraction of sp³-hybridized carbons (Fsp3) is 0.480. The number of carbonyl (C=O) groups is 1. The minimum atomic E-state index is -5.19. The molecule has 1 aliphatic rings. The van der Waals surface area contributed by atoms with Gasteiger partial charge in [-0.1, -0.05) is 19.8 Å². The van der Waals surface area contributed by atoms with Crippen molar-refractivity contribution in [1.29, 1.82) is 0 Å². The van der Waals surface area contributed by atoms with E-state index >= 15 is 0 Å². The average molecular weight is 560 g/mol. The maximum absolute atomic E-state index is 13.8. The zero-order valence-corrected chi connectivity index (χ0v) is 21.7. The van der Waals surface area contributed by atoms with Crippen molar-refractivity contribution in [2.75, 3.05) is 17.6 Å². The summed E-state index contributed by atoms with van der Waals surface area (Å²) in [5.74, 6) is -0.190. The second-order valence-corrected chi connectivity index (χ2v) is 10.1. The number of nitrogens with one attached hydrogen (secondary N) is 2. The number of thiazole rings is 1. The number of anilines is 3. The third-order valence-corrected chi connectivity index (χ3v) is 7.29. The van der Waals surface area contributed by atoms with Crippen molar-refractivity contribution in [2.24, 2.45) is 5.92 Å². The lowest BCUT2D eigenvalue weighted by Crippen LogP contribution is -2.54. The molecule has 208 valence electrons. The summed E-state index contributed by atoms with van der Waals surface area (Å²) < 4.78 is 65.3. The number of hydrogen-bond donors (Lipinski definition) is 4. The smallest absolute Gasteiger partial charge is 0.398 e. The molecule has 5 N–H and O–H groups in total. The molecule has 13 heteroatoms. The summed E-state index contributed by atoms with van der Waals surface area (Å²) in [5.41, 5.74) is 5.36. The van der Waals surface area contributed by atoms with Gasteiger partial charge in [-0.25, -0.2) is 18.7 Å². The molecule has 0 aliphatic heterocycles. The maximum Gasteiger partial charge on any atom is 0.419 e. The van der Waals surface area contributed by atoms with Gasteiger partial charge in [0.1, 0.15) is 12.0 Å². The zero-order valence-electron chi connectivity index (χ0n) is 20.9. The maximum atomic E-state index is 13.8. The number of aliphatic hydroxyl groups is 1. The van der Waals surface area contributed by atoms with Crippen LogP contribution in [0.15, 0.2) is 36.0 Å². The quantitative estimate of drug-likeness (QED) is 0.267. The van der Waals surface area contributed by atoms with Crippen molar-refractivity contribution < 1.29 is 31.9 Å². The Balaban J connectivity index is 0.000000427. The third-order valence-electron chi connectivity index (χ3n) is 6.50. The second-order valence-electron chi connectivity index (χ2n) is 9.25. The lowest BCUT2D eigenvalue weighted by molar-refractivity contribution is -0.272. The average Bonchev–Trinajstić information content (AvgIpc) is 3.50. The first-order chi connectivity index (χ1) is 17.8. The molecule has 1 amide bonds. The van der Waals surface area contributed by atoms with Crippen LogP contribution in [0.25, 0.3) is 10.2 Å². The van der Waals surface area contributed by atoms with Crippen LogP contribution in [-0.2, 0) is 0 Å². The van der Waals surface area contributed by atoms with E-state index in [1.165, 1.54) is 17.4 Å². The van der Waals surface area contributed by atoms with Crippen molar-refractivity contribution in [3.63, 3.8) is 0 Å². The first-order valence-electron chi connectivity index (χ1n) is 12.0. The predicted octanol–water partition coefficient (Wildman–Crippen LogP) is 5.93. The number of hydrogen-bond acceptors (Lipinski definition) is 7. The minimum Gasteiger partial charge on any atom is -0.398 e. The molecule has 2 unspecified atom stereocenters. The van der Waals surface area contributed by atoms with E-state index in [1.807, 2.05) is 17.4 Å². The number of nitrogens with two attached hydrogens (primary N) is 1. The second kappa shape index (κ2) is 12.2. The molecule has 0 bridgehead atoms. The van der Waals surface area contributed by atoms with E-state index in [-0.39, 0.29) is 11.3 Å². The Bertz CT molecular complexity index is 1240. The number of carbonyl (C=O) groups excluding carboxylic acids is 1. The van der Waals surface area contributed by atoms with Crippen LogP contribution >= 0.6 is 11.3 Å². The summed E-state index contributed by atoms with van der Waals surface area (Å²) in [4.78, 5) is 20.4. The van der Waals surface area contributed by atoms with Gasteiger partial charge in [-0.15, -0.1) is 11.3 Å². The van der Waals surface area contributed by atoms with Gasteiger partial charge in [0.25, 0.3) is 5.91 Å². The fourth-order valence-corrected chi connectivity index (χ4v) is 4.63. The standard InChI is InChI=1S/C18H17F4N5O2S.C7H13F/c1-17(29,18(20,21)22)14(19)7-25-16(28)10-6-24-15(5-11(10)23)27-9-2-3-12-13(4-9)30-8-26-12;1-2-6-4-3-5-7(6)8/h2-6,8,14,29H,7H2,1H3,(H,25,28)(H3,23,24,27);6-7H,2-5H2,1H3/t14-,17?;6-,7?/m11/s1. The topological polar surface area (TPSA) is 113 Å². The summed E-state index contributed by atoms with van der Waals surface area (Å²) in [5, 5.41) is 14.3. The van der Waals surface area contributed by atoms with Crippen LogP contribution in [0.3, 0.4) is 0 Å². The van der Waals surface area contributed by atoms with Gasteiger partial charge in [0.05, 0.1) is 27.8 Å². The number of aromatic nitrogens is 2. The Morgan fingerprint density at radius 1 is 1.26 bits per heavy atom. The highest BCUT2D eigenvalue weighted by atomic mass is 32.1. The van der Waals surface area contributed by atoms with Gasteiger partial charge >= 0.3 is 6.18 Å². The number of rotatable bonds is 7. The van der Waals surface area contributed by atoms with Crippen LogP contribution in [0.2, 0.25) is 0 Å². The van der Waals surface area contributed by atoms with Gasteiger partial charge in [-0.05, 0) is 43.9 Å². The van der Waals surface area contributed by atoms with Gasteiger partial charge in [0, 0.05) is 23.6 Å². The molecule has 2 aromatic heterocycles. The molecule has 1 aliphatic carbocycles. The lowest BCUT2D eigenvalue weighted by atomic mass is 10.00. The van der Waals surface area contributed by atoms with Crippen LogP contribution in [0.5, 0.6) is 0 Å². The molecule has 0 spiro atoms. The number of amides is 1.